The largest absolute Gasteiger partial charge is 0.326 e. The van der Waals surface area contributed by atoms with E-state index >= 15 is 0 Å². The molecule has 1 fully saturated rings. The molecule has 5 rings (SSSR count). The van der Waals surface area contributed by atoms with E-state index in [2.05, 4.69) is 5.32 Å². The highest BCUT2D eigenvalue weighted by Gasteiger charge is 2.35. The number of carbonyl (C=O) groups excluding carboxylic acids is 2. The summed E-state index contributed by atoms with van der Waals surface area (Å²) in [6.45, 7) is 2.39. The third-order valence-corrected chi connectivity index (χ3v) is 7.03. The number of hydrogen-bond donors (Lipinski definition) is 1. The monoisotopic (exact) mass is 487 g/mol. The Labute approximate surface area is 207 Å². The first-order chi connectivity index (χ1) is 16.5. The second-order valence-corrected chi connectivity index (χ2v) is 9.65. The first-order valence-electron chi connectivity index (χ1n) is 11.0. The van der Waals surface area contributed by atoms with Gasteiger partial charge >= 0.3 is 0 Å². The summed E-state index contributed by atoms with van der Waals surface area (Å²) in [6.07, 6.45) is 0.212. The van der Waals surface area contributed by atoms with Gasteiger partial charge in [0.15, 0.2) is 0 Å². The van der Waals surface area contributed by atoms with Gasteiger partial charge in [-0.1, -0.05) is 53.6 Å². The van der Waals surface area contributed by atoms with Gasteiger partial charge in [-0.25, -0.2) is 4.98 Å². The van der Waals surface area contributed by atoms with Crippen LogP contribution in [0.15, 0.2) is 78.2 Å². The van der Waals surface area contributed by atoms with Gasteiger partial charge < -0.3 is 10.2 Å². The fourth-order valence-corrected chi connectivity index (χ4v) is 4.92. The van der Waals surface area contributed by atoms with E-state index in [-0.39, 0.29) is 24.2 Å². The SMILES string of the molecule is Cc1ccc(N2CC(C(=O)Nc3ccc(-c4csc(-c5ccc(Cl)cc5)n4)cc3)CC2=O)cc1. The molecule has 1 N–H and O–H groups in total. The highest BCUT2D eigenvalue weighted by molar-refractivity contribution is 7.13. The van der Waals surface area contributed by atoms with Crippen molar-refractivity contribution in [1.29, 1.82) is 0 Å². The topological polar surface area (TPSA) is 62.3 Å². The molecule has 1 aliphatic rings. The van der Waals surface area contributed by atoms with Crippen LogP contribution < -0.4 is 10.2 Å². The fraction of sp³-hybridized carbons (Fsp3) is 0.148. The Balaban J connectivity index is 1.23. The Morgan fingerprint density at radius 3 is 2.38 bits per heavy atom. The van der Waals surface area contributed by atoms with Gasteiger partial charge in [-0.05, 0) is 43.3 Å². The van der Waals surface area contributed by atoms with Gasteiger partial charge in [0.2, 0.25) is 11.8 Å². The number of benzene rings is 3. The molecule has 2 amide bonds. The molecular formula is C27H22ClN3O2S. The molecule has 1 aromatic heterocycles. The minimum Gasteiger partial charge on any atom is -0.326 e. The van der Waals surface area contributed by atoms with Crippen LogP contribution in [0.1, 0.15) is 12.0 Å². The van der Waals surface area contributed by atoms with Gasteiger partial charge in [-0.2, -0.15) is 0 Å². The molecule has 7 heteroatoms. The smallest absolute Gasteiger partial charge is 0.229 e. The van der Waals surface area contributed by atoms with E-state index in [0.29, 0.717) is 17.3 Å². The normalized spacial score (nSPS) is 15.5. The van der Waals surface area contributed by atoms with E-state index in [1.54, 1.807) is 16.2 Å². The average molecular weight is 488 g/mol. The number of carbonyl (C=O) groups is 2. The molecule has 0 radical (unpaired) electrons. The molecule has 0 bridgehead atoms. The Morgan fingerprint density at radius 2 is 1.68 bits per heavy atom. The maximum absolute atomic E-state index is 12.8. The van der Waals surface area contributed by atoms with Crippen LogP contribution in [0.5, 0.6) is 0 Å². The van der Waals surface area contributed by atoms with Gasteiger partial charge in [-0.3, -0.25) is 9.59 Å². The lowest BCUT2D eigenvalue weighted by atomic mass is 10.1. The van der Waals surface area contributed by atoms with Crippen molar-refractivity contribution < 1.29 is 9.59 Å². The van der Waals surface area contributed by atoms with Gasteiger partial charge in [0.25, 0.3) is 0 Å². The zero-order chi connectivity index (χ0) is 23.7. The second kappa shape index (κ2) is 9.41. The van der Waals surface area contributed by atoms with Crippen molar-refractivity contribution in [2.24, 2.45) is 5.92 Å². The number of halogens is 1. The molecule has 2 heterocycles. The maximum atomic E-state index is 12.8. The summed E-state index contributed by atoms with van der Waals surface area (Å²) in [4.78, 5) is 31.7. The number of nitrogens with one attached hydrogen (secondary N) is 1. The van der Waals surface area contributed by atoms with E-state index in [9.17, 15) is 9.59 Å². The Morgan fingerprint density at radius 1 is 1.00 bits per heavy atom. The summed E-state index contributed by atoms with van der Waals surface area (Å²) in [5, 5.41) is 6.59. The maximum Gasteiger partial charge on any atom is 0.229 e. The van der Waals surface area contributed by atoms with Gasteiger partial charge in [-0.15, -0.1) is 11.3 Å². The molecule has 0 aliphatic carbocycles. The Hall–Kier alpha value is -3.48. The van der Waals surface area contributed by atoms with Crippen molar-refractivity contribution in [2.75, 3.05) is 16.8 Å². The number of aryl methyl sites for hydroxylation is 1. The predicted molar refractivity (Wildman–Crippen MR) is 138 cm³/mol. The van der Waals surface area contributed by atoms with E-state index in [1.165, 1.54) is 0 Å². The standard InChI is InChI=1S/C27H22ClN3O2S/c1-17-2-12-23(13-3-17)31-15-20(14-25(31)32)26(33)29-22-10-6-18(7-11-22)24-16-34-27(30-24)19-4-8-21(28)9-5-19/h2-13,16,20H,14-15H2,1H3,(H,29,33). The highest BCUT2D eigenvalue weighted by Crippen LogP contribution is 2.31. The predicted octanol–water partition coefficient (Wildman–Crippen LogP) is 6.43. The highest BCUT2D eigenvalue weighted by atomic mass is 35.5. The van der Waals surface area contributed by atoms with Crippen molar-refractivity contribution in [1.82, 2.24) is 4.98 Å². The molecule has 1 aliphatic heterocycles. The van der Waals surface area contributed by atoms with Crippen molar-refractivity contribution in [2.45, 2.75) is 13.3 Å². The van der Waals surface area contributed by atoms with Crippen LogP contribution in [0, 0.1) is 12.8 Å². The molecule has 34 heavy (non-hydrogen) atoms. The number of hydrogen-bond acceptors (Lipinski definition) is 4. The molecule has 0 saturated carbocycles. The fourth-order valence-electron chi connectivity index (χ4n) is 3.96. The van der Waals surface area contributed by atoms with Crippen LogP contribution in [0.25, 0.3) is 21.8 Å². The van der Waals surface area contributed by atoms with Crippen molar-refractivity contribution >= 4 is 46.1 Å². The molecule has 3 aromatic carbocycles. The van der Waals surface area contributed by atoms with Crippen LogP contribution in [0.4, 0.5) is 11.4 Å². The average Bonchev–Trinajstić information content (AvgIpc) is 3.48. The molecule has 0 spiro atoms. The summed E-state index contributed by atoms with van der Waals surface area (Å²) in [5.41, 5.74) is 5.53. The molecule has 1 atom stereocenters. The third kappa shape index (κ3) is 4.74. The first-order valence-corrected chi connectivity index (χ1v) is 12.2. The zero-order valence-corrected chi connectivity index (χ0v) is 20.1. The summed E-state index contributed by atoms with van der Waals surface area (Å²) in [6, 6.07) is 23.0. The van der Waals surface area contributed by atoms with Gasteiger partial charge in [0.1, 0.15) is 5.01 Å². The molecule has 4 aromatic rings. The van der Waals surface area contributed by atoms with Crippen LogP contribution in [0.3, 0.4) is 0 Å². The van der Waals surface area contributed by atoms with E-state index in [1.807, 2.05) is 85.1 Å². The molecule has 1 unspecified atom stereocenters. The lowest BCUT2D eigenvalue weighted by Crippen LogP contribution is -2.28. The van der Waals surface area contributed by atoms with Crippen LogP contribution >= 0.6 is 22.9 Å². The zero-order valence-electron chi connectivity index (χ0n) is 18.5. The van der Waals surface area contributed by atoms with Crippen LogP contribution in [-0.4, -0.2) is 23.3 Å². The van der Waals surface area contributed by atoms with Crippen LogP contribution in [0.2, 0.25) is 5.02 Å². The summed E-state index contributed by atoms with van der Waals surface area (Å²) < 4.78 is 0. The quantitative estimate of drug-likeness (QED) is 0.353. The van der Waals surface area contributed by atoms with E-state index in [0.717, 1.165) is 33.1 Å². The van der Waals surface area contributed by atoms with Crippen molar-refractivity contribution in [3.63, 3.8) is 0 Å². The minimum atomic E-state index is -0.381. The number of thiazole rings is 1. The number of nitrogens with zero attached hydrogens (tertiary/aromatic N) is 2. The van der Waals surface area contributed by atoms with E-state index < -0.39 is 0 Å². The van der Waals surface area contributed by atoms with Crippen molar-refractivity contribution in [3.05, 3.63) is 88.8 Å². The first kappa shape index (κ1) is 22.3. The molecule has 1 saturated heterocycles. The molecule has 5 nitrogen and oxygen atoms in total. The van der Waals surface area contributed by atoms with Crippen LogP contribution in [-0.2, 0) is 9.59 Å². The molecular weight excluding hydrogens is 466 g/mol. The van der Waals surface area contributed by atoms with E-state index in [4.69, 9.17) is 16.6 Å². The van der Waals surface area contributed by atoms with Gasteiger partial charge in [0, 0.05) is 45.9 Å². The Bertz CT molecular complexity index is 1330. The Kier molecular flexibility index (Phi) is 6.18. The molecule has 170 valence electrons. The lowest BCUT2D eigenvalue weighted by molar-refractivity contribution is -0.122. The summed E-state index contributed by atoms with van der Waals surface area (Å²) in [5.74, 6) is -0.553. The number of amides is 2. The lowest BCUT2D eigenvalue weighted by Gasteiger charge is -2.17. The second-order valence-electron chi connectivity index (χ2n) is 8.35. The van der Waals surface area contributed by atoms with Crippen molar-refractivity contribution in [3.8, 4) is 21.8 Å². The summed E-state index contributed by atoms with van der Waals surface area (Å²) in [7, 11) is 0. The number of anilines is 2. The van der Waals surface area contributed by atoms with Gasteiger partial charge in [0.05, 0.1) is 11.6 Å². The summed E-state index contributed by atoms with van der Waals surface area (Å²) >= 11 is 7.55. The third-order valence-electron chi connectivity index (χ3n) is 5.89. The number of rotatable bonds is 5. The minimum absolute atomic E-state index is 0.0284. The number of aromatic nitrogens is 1.